The van der Waals surface area contributed by atoms with Crippen LogP contribution in [0.5, 0.6) is 0 Å². The summed E-state index contributed by atoms with van der Waals surface area (Å²) < 4.78 is 1.12. The van der Waals surface area contributed by atoms with Crippen molar-refractivity contribution in [2.75, 3.05) is 33.7 Å². The third kappa shape index (κ3) is 4.70. The SMILES string of the molecule is CN=C(NCC1CCN(C2CC2)C1)N(C)Cc1ccc(Br)cc1. The summed E-state index contributed by atoms with van der Waals surface area (Å²) in [6, 6.07) is 9.38. The zero-order valence-electron chi connectivity index (χ0n) is 14.1. The van der Waals surface area contributed by atoms with Gasteiger partial charge < -0.3 is 15.1 Å². The molecule has 1 aromatic carbocycles. The van der Waals surface area contributed by atoms with Gasteiger partial charge in [-0.15, -0.1) is 0 Å². The Morgan fingerprint density at radius 1 is 1.30 bits per heavy atom. The molecule has 2 aliphatic rings. The van der Waals surface area contributed by atoms with Crippen molar-refractivity contribution in [3.63, 3.8) is 0 Å². The molecule has 1 aromatic rings. The number of hydrogen-bond donors (Lipinski definition) is 1. The number of hydrogen-bond acceptors (Lipinski definition) is 2. The van der Waals surface area contributed by atoms with Gasteiger partial charge in [0.05, 0.1) is 0 Å². The number of nitrogens with zero attached hydrogens (tertiary/aromatic N) is 3. The number of benzene rings is 1. The maximum absolute atomic E-state index is 4.44. The van der Waals surface area contributed by atoms with Crippen molar-refractivity contribution >= 4 is 21.9 Å². The quantitative estimate of drug-likeness (QED) is 0.631. The summed E-state index contributed by atoms with van der Waals surface area (Å²) in [4.78, 5) is 9.30. The highest BCUT2D eigenvalue weighted by atomic mass is 79.9. The van der Waals surface area contributed by atoms with Crippen molar-refractivity contribution in [1.29, 1.82) is 0 Å². The zero-order valence-corrected chi connectivity index (χ0v) is 15.7. The van der Waals surface area contributed by atoms with Crippen molar-refractivity contribution in [1.82, 2.24) is 15.1 Å². The molecule has 1 saturated heterocycles. The van der Waals surface area contributed by atoms with Crippen LogP contribution in [0.2, 0.25) is 0 Å². The molecule has 4 nitrogen and oxygen atoms in total. The topological polar surface area (TPSA) is 30.9 Å². The van der Waals surface area contributed by atoms with E-state index in [1.807, 2.05) is 7.05 Å². The van der Waals surface area contributed by atoms with Crippen LogP contribution in [0.3, 0.4) is 0 Å². The fourth-order valence-corrected chi connectivity index (χ4v) is 3.62. The number of halogens is 1. The second kappa shape index (κ2) is 7.67. The Bertz CT molecular complexity index is 538. The van der Waals surface area contributed by atoms with E-state index in [0.29, 0.717) is 0 Å². The van der Waals surface area contributed by atoms with Crippen LogP contribution in [0.25, 0.3) is 0 Å². The van der Waals surface area contributed by atoms with Gasteiger partial charge in [0.25, 0.3) is 0 Å². The van der Waals surface area contributed by atoms with Gasteiger partial charge in [-0.2, -0.15) is 0 Å². The van der Waals surface area contributed by atoms with Crippen LogP contribution in [0, 0.1) is 5.92 Å². The first-order valence-electron chi connectivity index (χ1n) is 8.56. The molecule has 1 aliphatic heterocycles. The number of guanidine groups is 1. The maximum atomic E-state index is 4.44. The van der Waals surface area contributed by atoms with E-state index >= 15 is 0 Å². The highest BCUT2D eigenvalue weighted by Crippen LogP contribution is 2.31. The Morgan fingerprint density at radius 3 is 2.70 bits per heavy atom. The number of aliphatic imine (C=N–C) groups is 1. The molecule has 0 bridgehead atoms. The molecular weight excluding hydrogens is 352 g/mol. The predicted molar refractivity (Wildman–Crippen MR) is 99.7 cm³/mol. The summed E-state index contributed by atoms with van der Waals surface area (Å²) in [6.07, 6.45) is 4.15. The van der Waals surface area contributed by atoms with Gasteiger partial charge in [-0.1, -0.05) is 28.1 Å². The van der Waals surface area contributed by atoms with Gasteiger partial charge in [0.1, 0.15) is 0 Å². The van der Waals surface area contributed by atoms with Gasteiger partial charge in [0.15, 0.2) is 5.96 Å². The second-order valence-electron chi connectivity index (χ2n) is 6.79. The molecule has 0 radical (unpaired) electrons. The average molecular weight is 379 g/mol. The first-order chi connectivity index (χ1) is 11.2. The van der Waals surface area contributed by atoms with Crippen molar-refractivity contribution in [3.05, 3.63) is 34.3 Å². The van der Waals surface area contributed by atoms with Crippen LogP contribution in [-0.4, -0.2) is 55.5 Å². The number of likely N-dealkylation sites (tertiary alicyclic amines) is 1. The molecule has 1 heterocycles. The highest BCUT2D eigenvalue weighted by Gasteiger charge is 2.34. The monoisotopic (exact) mass is 378 g/mol. The molecule has 3 rings (SSSR count). The minimum Gasteiger partial charge on any atom is -0.356 e. The van der Waals surface area contributed by atoms with E-state index in [4.69, 9.17) is 0 Å². The minimum atomic E-state index is 0.758. The van der Waals surface area contributed by atoms with Crippen LogP contribution in [0.4, 0.5) is 0 Å². The van der Waals surface area contributed by atoms with Crippen molar-refractivity contribution in [3.8, 4) is 0 Å². The van der Waals surface area contributed by atoms with Gasteiger partial charge in [0, 0.05) is 44.2 Å². The summed E-state index contributed by atoms with van der Waals surface area (Å²) in [6.45, 7) is 4.43. The van der Waals surface area contributed by atoms with Gasteiger partial charge in [0.2, 0.25) is 0 Å². The van der Waals surface area contributed by atoms with Crippen molar-refractivity contribution in [2.45, 2.75) is 31.8 Å². The molecule has 23 heavy (non-hydrogen) atoms. The second-order valence-corrected chi connectivity index (χ2v) is 7.71. The lowest BCUT2D eigenvalue weighted by atomic mass is 10.1. The summed E-state index contributed by atoms with van der Waals surface area (Å²) in [5.74, 6) is 1.74. The first kappa shape index (κ1) is 16.8. The third-order valence-electron chi connectivity index (χ3n) is 4.84. The molecule has 5 heteroatoms. The minimum absolute atomic E-state index is 0.758. The van der Waals surface area contributed by atoms with Gasteiger partial charge in [-0.05, 0) is 49.4 Å². The normalized spacial score (nSPS) is 22.4. The molecule has 1 unspecified atom stereocenters. The van der Waals surface area contributed by atoms with Gasteiger partial charge in [-0.3, -0.25) is 4.99 Å². The Kier molecular flexibility index (Phi) is 5.59. The van der Waals surface area contributed by atoms with E-state index < -0.39 is 0 Å². The van der Waals surface area contributed by atoms with E-state index in [2.05, 4.69) is 67.4 Å². The molecule has 1 atom stereocenters. The average Bonchev–Trinajstić information content (AvgIpc) is 3.29. The van der Waals surface area contributed by atoms with E-state index in [1.165, 1.54) is 37.9 Å². The van der Waals surface area contributed by atoms with E-state index in [-0.39, 0.29) is 0 Å². The van der Waals surface area contributed by atoms with Crippen LogP contribution in [-0.2, 0) is 6.54 Å². The van der Waals surface area contributed by atoms with Crippen LogP contribution < -0.4 is 5.32 Å². The summed E-state index contributed by atoms with van der Waals surface area (Å²) in [7, 11) is 3.97. The lowest BCUT2D eigenvalue weighted by molar-refractivity contribution is 0.313. The molecule has 1 N–H and O–H groups in total. The van der Waals surface area contributed by atoms with Crippen molar-refractivity contribution < 1.29 is 0 Å². The standard InChI is InChI=1S/C18H27BrN4/c1-20-18(22(2)12-14-3-5-16(19)6-4-14)21-11-15-9-10-23(13-15)17-7-8-17/h3-6,15,17H,7-13H2,1-2H3,(H,20,21). The Morgan fingerprint density at radius 2 is 2.04 bits per heavy atom. The van der Waals surface area contributed by atoms with Crippen LogP contribution in [0.1, 0.15) is 24.8 Å². The molecule has 126 valence electrons. The largest absolute Gasteiger partial charge is 0.356 e. The summed E-state index contributed by atoms with van der Waals surface area (Å²) in [5.41, 5.74) is 1.29. The van der Waals surface area contributed by atoms with Crippen LogP contribution in [0.15, 0.2) is 33.7 Å². The summed E-state index contributed by atoms with van der Waals surface area (Å²) >= 11 is 3.48. The van der Waals surface area contributed by atoms with E-state index in [9.17, 15) is 0 Å². The lowest BCUT2D eigenvalue weighted by Crippen LogP contribution is -2.41. The molecule has 0 aromatic heterocycles. The maximum Gasteiger partial charge on any atom is 0.193 e. The van der Waals surface area contributed by atoms with E-state index in [1.54, 1.807) is 0 Å². The van der Waals surface area contributed by atoms with Gasteiger partial charge >= 0.3 is 0 Å². The van der Waals surface area contributed by atoms with Crippen molar-refractivity contribution in [2.24, 2.45) is 10.9 Å². The predicted octanol–water partition coefficient (Wildman–Crippen LogP) is 2.94. The number of rotatable bonds is 5. The third-order valence-corrected chi connectivity index (χ3v) is 5.36. The Labute approximate surface area is 148 Å². The molecule has 0 spiro atoms. The molecular formula is C18H27BrN4. The Hall–Kier alpha value is -1.07. The van der Waals surface area contributed by atoms with Crippen LogP contribution >= 0.6 is 15.9 Å². The van der Waals surface area contributed by atoms with Gasteiger partial charge in [-0.25, -0.2) is 0 Å². The highest BCUT2D eigenvalue weighted by molar-refractivity contribution is 9.10. The van der Waals surface area contributed by atoms with E-state index in [0.717, 1.165) is 35.5 Å². The number of nitrogens with one attached hydrogen (secondary N) is 1. The molecule has 0 amide bonds. The smallest absolute Gasteiger partial charge is 0.193 e. The Balaban J connectivity index is 1.46. The summed E-state index contributed by atoms with van der Waals surface area (Å²) in [5, 5.41) is 3.56. The molecule has 2 fully saturated rings. The molecule has 1 aliphatic carbocycles. The first-order valence-corrected chi connectivity index (χ1v) is 9.35. The lowest BCUT2D eigenvalue weighted by Gasteiger charge is -2.23. The zero-order chi connectivity index (χ0) is 16.2. The fourth-order valence-electron chi connectivity index (χ4n) is 3.36. The fraction of sp³-hybridized carbons (Fsp3) is 0.611. The molecule has 1 saturated carbocycles.